The fourth-order valence-corrected chi connectivity index (χ4v) is 1.84. The van der Waals surface area contributed by atoms with E-state index in [4.69, 9.17) is 15.2 Å². The number of hydrogen-bond donors (Lipinski definition) is 1. The summed E-state index contributed by atoms with van der Waals surface area (Å²) in [6, 6.07) is 0. The van der Waals surface area contributed by atoms with Crippen LogP contribution >= 0.6 is 0 Å². The molecule has 1 atom stereocenters. The standard InChI is InChI=1S/C15H27NO5/c1-6-20-12(18)15(10-16,9-7-8-11(2)17)13(19)21-14(3,4)5/h6-10,16H2,1-5H3. The number of esters is 2. The minimum atomic E-state index is -1.54. The molecule has 0 heterocycles. The van der Waals surface area contributed by atoms with Gasteiger partial charge < -0.3 is 20.0 Å². The number of Topliss-reactive ketones (excluding diaryl/α,β-unsaturated/α-hetero) is 1. The van der Waals surface area contributed by atoms with Gasteiger partial charge in [-0.1, -0.05) is 0 Å². The van der Waals surface area contributed by atoms with Gasteiger partial charge in [-0.2, -0.15) is 0 Å². The van der Waals surface area contributed by atoms with E-state index in [-0.39, 0.29) is 31.8 Å². The number of carbonyl (C=O) groups excluding carboxylic acids is 3. The van der Waals surface area contributed by atoms with Crippen LogP contribution in [0, 0.1) is 5.41 Å². The highest BCUT2D eigenvalue weighted by molar-refractivity contribution is 6.00. The summed E-state index contributed by atoms with van der Waals surface area (Å²) in [4.78, 5) is 35.7. The minimum absolute atomic E-state index is 0.00558. The summed E-state index contributed by atoms with van der Waals surface area (Å²) < 4.78 is 10.3. The number of ketones is 1. The lowest BCUT2D eigenvalue weighted by atomic mass is 9.82. The third-order valence-electron chi connectivity index (χ3n) is 2.94. The van der Waals surface area contributed by atoms with Gasteiger partial charge in [0.2, 0.25) is 0 Å². The molecule has 0 saturated heterocycles. The normalized spacial score (nSPS) is 14.2. The number of nitrogens with two attached hydrogens (primary N) is 1. The summed E-state index contributed by atoms with van der Waals surface area (Å²) in [5.74, 6) is -1.39. The summed E-state index contributed by atoms with van der Waals surface area (Å²) in [5.41, 5.74) is 3.41. The Hall–Kier alpha value is -1.43. The maximum absolute atomic E-state index is 12.4. The van der Waals surface area contributed by atoms with E-state index in [0.29, 0.717) is 6.42 Å². The molecule has 1 unspecified atom stereocenters. The Balaban J connectivity index is 5.24. The lowest BCUT2D eigenvalue weighted by molar-refractivity contribution is -0.179. The fraction of sp³-hybridized carbons (Fsp3) is 0.800. The Morgan fingerprint density at radius 1 is 1.10 bits per heavy atom. The van der Waals surface area contributed by atoms with Gasteiger partial charge in [-0.25, -0.2) is 0 Å². The number of carbonyl (C=O) groups is 3. The van der Waals surface area contributed by atoms with Crippen molar-refractivity contribution in [3.05, 3.63) is 0 Å². The zero-order valence-electron chi connectivity index (χ0n) is 13.7. The Kier molecular flexibility index (Phi) is 7.57. The monoisotopic (exact) mass is 301 g/mol. The third-order valence-corrected chi connectivity index (χ3v) is 2.94. The van der Waals surface area contributed by atoms with Crippen molar-refractivity contribution in [2.75, 3.05) is 13.2 Å². The van der Waals surface area contributed by atoms with Gasteiger partial charge in [-0.3, -0.25) is 9.59 Å². The molecule has 0 aromatic rings. The van der Waals surface area contributed by atoms with Crippen molar-refractivity contribution in [1.29, 1.82) is 0 Å². The predicted molar refractivity (Wildman–Crippen MR) is 78.5 cm³/mol. The average molecular weight is 301 g/mol. The second-order valence-electron chi connectivity index (χ2n) is 6.06. The van der Waals surface area contributed by atoms with Gasteiger partial charge >= 0.3 is 11.9 Å². The van der Waals surface area contributed by atoms with Crippen LogP contribution in [0.3, 0.4) is 0 Å². The topological polar surface area (TPSA) is 95.7 Å². The average Bonchev–Trinajstić information content (AvgIpc) is 2.32. The molecule has 0 aromatic heterocycles. The van der Waals surface area contributed by atoms with Crippen LogP contribution < -0.4 is 5.73 Å². The van der Waals surface area contributed by atoms with E-state index < -0.39 is 23.0 Å². The summed E-state index contributed by atoms with van der Waals surface area (Å²) in [6.07, 6.45) is 0.797. The van der Waals surface area contributed by atoms with E-state index in [1.54, 1.807) is 27.7 Å². The van der Waals surface area contributed by atoms with E-state index in [9.17, 15) is 14.4 Å². The Morgan fingerprint density at radius 3 is 2.05 bits per heavy atom. The van der Waals surface area contributed by atoms with E-state index in [1.807, 2.05) is 0 Å². The van der Waals surface area contributed by atoms with Crippen LogP contribution in [0.4, 0.5) is 0 Å². The van der Waals surface area contributed by atoms with Gasteiger partial charge in [0.1, 0.15) is 11.4 Å². The zero-order chi connectivity index (χ0) is 16.7. The van der Waals surface area contributed by atoms with Crippen LogP contribution in [-0.2, 0) is 23.9 Å². The van der Waals surface area contributed by atoms with Crippen molar-refractivity contribution in [2.24, 2.45) is 11.1 Å². The number of ether oxygens (including phenoxy) is 2. The second kappa shape index (κ2) is 8.12. The zero-order valence-corrected chi connectivity index (χ0v) is 13.7. The molecule has 0 rings (SSSR count). The molecule has 0 aromatic carbocycles. The van der Waals surface area contributed by atoms with Gasteiger partial charge in [-0.05, 0) is 47.5 Å². The van der Waals surface area contributed by atoms with E-state index in [0.717, 1.165) is 0 Å². The molecule has 0 aliphatic rings. The molecule has 6 nitrogen and oxygen atoms in total. The Bertz CT molecular complexity index is 386. The quantitative estimate of drug-likeness (QED) is 0.540. The lowest BCUT2D eigenvalue weighted by Gasteiger charge is -2.31. The second-order valence-corrected chi connectivity index (χ2v) is 6.06. The summed E-state index contributed by atoms with van der Waals surface area (Å²) in [7, 11) is 0. The van der Waals surface area contributed by atoms with Crippen molar-refractivity contribution in [3.8, 4) is 0 Å². The van der Waals surface area contributed by atoms with E-state index in [2.05, 4.69) is 0 Å². The first-order valence-electron chi connectivity index (χ1n) is 7.19. The van der Waals surface area contributed by atoms with E-state index in [1.165, 1.54) is 6.92 Å². The van der Waals surface area contributed by atoms with Crippen molar-refractivity contribution in [3.63, 3.8) is 0 Å². The van der Waals surface area contributed by atoms with Crippen LogP contribution in [0.5, 0.6) is 0 Å². The number of rotatable bonds is 8. The third kappa shape index (κ3) is 6.25. The molecule has 0 aliphatic carbocycles. The molecule has 0 bridgehead atoms. The summed E-state index contributed by atoms with van der Waals surface area (Å²) in [6.45, 7) is 8.20. The molecule has 2 N–H and O–H groups in total. The first kappa shape index (κ1) is 19.6. The molecule has 0 amide bonds. The van der Waals surface area contributed by atoms with Crippen molar-refractivity contribution >= 4 is 17.7 Å². The molecule has 122 valence electrons. The van der Waals surface area contributed by atoms with Crippen LogP contribution in [0.25, 0.3) is 0 Å². The maximum Gasteiger partial charge on any atom is 0.325 e. The van der Waals surface area contributed by atoms with Crippen molar-refractivity contribution < 1.29 is 23.9 Å². The van der Waals surface area contributed by atoms with Crippen LogP contribution in [0.2, 0.25) is 0 Å². The predicted octanol–water partition coefficient (Wildman–Crippen LogP) is 1.60. The molecule has 21 heavy (non-hydrogen) atoms. The fourth-order valence-electron chi connectivity index (χ4n) is 1.84. The molecule has 0 aliphatic heterocycles. The molecule has 0 spiro atoms. The molecule has 0 radical (unpaired) electrons. The first-order valence-corrected chi connectivity index (χ1v) is 7.19. The van der Waals surface area contributed by atoms with E-state index >= 15 is 0 Å². The van der Waals surface area contributed by atoms with Crippen LogP contribution in [0.1, 0.15) is 53.9 Å². The highest BCUT2D eigenvalue weighted by atomic mass is 16.6. The van der Waals surface area contributed by atoms with Crippen LogP contribution in [-0.4, -0.2) is 36.5 Å². The van der Waals surface area contributed by atoms with Gasteiger partial charge in [0.05, 0.1) is 6.61 Å². The van der Waals surface area contributed by atoms with Crippen LogP contribution in [0.15, 0.2) is 0 Å². The lowest BCUT2D eigenvalue weighted by Crippen LogP contribution is -2.49. The molecule has 6 heteroatoms. The number of hydrogen-bond acceptors (Lipinski definition) is 6. The Morgan fingerprint density at radius 2 is 1.67 bits per heavy atom. The van der Waals surface area contributed by atoms with Gasteiger partial charge in [0.25, 0.3) is 0 Å². The van der Waals surface area contributed by atoms with Crippen molar-refractivity contribution in [1.82, 2.24) is 0 Å². The van der Waals surface area contributed by atoms with Gasteiger partial charge in [-0.15, -0.1) is 0 Å². The summed E-state index contributed by atoms with van der Waals surface area (Å²) >= 11 is 0. The highest BCUT2D eigenvalue weighted by Gasteiger charge is 2.48. The molecule has 0 saturated carbocycles. The molecule has 0 fully saturated rings. The SMILES string of the molecule is CCOC(=O)C(CN)(CCCC(C)=O)C(=O)OC(C)(C)C. The first-order chi connectivity index (χ1) is 9.59. The van der Waals surface area contributed by atoms with Gasteiger partial charge in [0.15, 0.2) is 5.41 Å². The summed E-state index contributed by atoms with van der Waals surface area (Å²) in [5, 5.41) is 0. The molecular weight excluding hydrogens is 274 g/mol. The van der Waals surface area contributed by atoms with Crippen molar-refractivity contribution in [2.45, 2.75) is 59.5 Å². The highest BCUT2D eigenvalue weighted by Crippen LogP contribution is 2.29. The largest absolute Gasteiger partial charge is 0.465 e. The Labute approximate surface area is 126 Å². The van der Waals surface area contributed by atoms with Gasteiger partial charge in [0, 0.05) is 13.0 Å². The molecular formula is C15H27NO5. The smallest absolute Gasteiger partial charge is 0.325 e. The minimum Gasteiger partial charge on any atom is -0.465 e. The maximum atomic E-state index is 12.4.